The van der Waals surface area contributed by atoms with Gasteiger partial charge in [0.2, 0.25) is 0 Å². The van der Waals surface area contributed by atoms with E-state index in [-0.39, 0.29) is 18.3 Å². The van der Waals surface area contributed by atoms with Gasteiger partial charge in [-0.15, -0.1) is 11.3 Å². The lowest BCUT2D eigenvalue weighted by atomic mass is 9.78. The van der Waals surface area contributed by atoms with Crippen LogP contribution in [-0.2, 0) is 9.31 Å². The monoisotopic (exact) mass is 538 g/mol. The standard InChI is InChI=1S/C36H31BO2S/c1-35(2)36(3,4)39-37(38-35)29-13-8-12-28(23-29)27-11-7-10-26(22-27)24-18-20-25(21-19-24)30-15-9-16-32-31-14-5-6-17-33(31)40-34(30)32/h5-23H,1-4H3. The second-order valence-corrected chi connectivity index (χ2v) is 12.7. The molecule has 196 valence electrons. The molecule has 5 aromatic carbocycles. The second kappa shape index (κ2) is 9.45. The number of hydrogen-bond donors (Lipinski definition) is 0. The molecule has 0 atom stereocenters. The van der Waals surface area contributed by atoms with E-state index in [2.05, 4.69) is 143 Å². The van der Waals surface area contributed by atoms with Crippen molar-refractivity contribution in [2.45, 2.75) is 38.9 Å². The molecule has 40 heavy (non-hydrogen) atoms. The van der Waals surface area contributed by atoms with E-state index >= 15 is 0 Å². The van der Waals surface area contributed by atoms with Crippen molar-refractivity contribution in [3.05, 3.63) is 115 Å². The van der Waals surface area contributed by atoms with Gasteiger partial charge in [-0.2, -0.15) is 0 Å². The molecule has 2 nitrogen and oxygen atoms in total. The minimum Gasteiger partial charge on any atom is -0.399 e. The van der Waals surface area contributed by atoms with Gasteiger partial charge in [0.25, 0.3) is 0 Å². The fraction of sp³-hybridized carbons (Fsp3) is 0.167. The summed E-state index contributed by atoms with van der Waals surface area (Å²) in [6, 6.07) is 41.6. The first-order valence-electron chi connectivity index (χ1n) is 13.9. The molecule has 1 aromatic heterocycles. The Balaban J connectivity index is 1.19. The molecule has 6 aromatic rings. The zero-order chi connectivity index (χ0) is 27.5. The van der Waals surface area contributed by atoms with Crippen LogP contribution in [0.1, 0.15) is 27.7 Å². The van der Waals surface area contributed by atoms with Crippen LogP contribution < -0.4 is 5.46 Å². The van der Waals surface area contributed by atoms with E-state index in [0.717, 1.165) is 11.0 Å². The Morgan fingerprint density at radius 1 is 0.525 bits per heavy atom. The molecule has 0 saturated carbocycles. The molecule has 0 spiro atoms. The highest BCUT2D eigenvalue weighted by Crippen LogP contribution is 2.40. The van der Waals surface area contributed by atoms with Crippen LogP contribution in [0, 0.1) is 0 Å². The van der Waals surface area contributed by atoms with E-state index in [1.165, 1.54) is 48.0 Å². The number of benzene rings is 5. The van der Waals surface area contributed by atoms with E-state index < -0.39 is 0 Å². The van der Waals surface area contributed by atoms with E-state index in [4.69, 9.17) is 9.31 Å². The summed E-state index contributed by atoms with van der Waals surface area (Å²) < 4.78 is 15.3. The van der Waals surface area contributed by atoms with Crippen LogP contribution in [0.4, 0.5) is 0 Å². The maximum absolute atomic E-state index is 6.30. The fourth-order valence-electron chi connectivity index (χ4n) is 5.54. The van der Waals surface area contributed by atoms with Crippen LogP contribution in [0.3, 0.4) is 0 Å². The van der Waals surface area contributed by atoms with Gasteiger partial charge in [-0.25, -0.2) is 0 Å². The van der Waals surface area contributed by atoms with E-state index in [1.54, 1.807) is 0 Å². The summed E-state index contributed by atoms with van der Waals surface area (Å²) in [7, 11) is -0.369. The second-order valence-electron chi connectivity index (χ2n) is 11.7. The van der Waals surface area contributed by atoms with Gasteiger partial charge in [-0.05, 0) is 78.7 Å². The third-order valence-corrected chi connectivity index (χ3v) is 9.76. The maximum atomic E-state index is 6.30. The Hall–Kier alpha value is -3.70. The minimum absolute atomic E-state index is 0.359. The van der Waals surface area contributed by atoms with E-state index in [1.807, 2.05) is 11.3 Å². The molecule has 1 saturated heterocycles. The Bertz CT molecular complexity index is 1850. The van der Waals surface area contributed by atoms with Gasteiger partial charge in [0.1, 0.15) is 0 Å². The first-order chi connectivity index (χ1) is 19.3. The van der Waals surface area contributed by atoms with Crippen molar-refractivity contribution in [1.29, 1.82) is 0 Å². The quantitative estimate of drug-likeness (QED) is 0.208. The number of rotatable bonds is 4. The normalized spacial score (nSPS) is 16.1. The summed E-state index contributed by atoms with van der Waals surface area (Å²) in [5.41, 5.74) is 7.59. The summed E-state index contributed by atoms with van der Waals surface area (Å²) in [6.07, 6.45) is 0. The molecule has 2 heterocycles. The van der Waals surface area contributed by atoms with E-state index in [0.29, 0.717) is 0 Å². The smallest absolute Gasteiger partial charge is 0.399 e. The predicted octanol–water partition coefficient (Wildman–Crippen LogP) is 9.35. The van der Waals surface area contributed by atoms with Gasteiger partial charge >= 0.3 is 7.12 Å². The molecule has 0 amide bonds. The Labute approximate surface area is 240 Å². The zero-order valence-corrected chi connectivity index (χ0v) is 24.1. The number of thiophene rings is 1. The van der Waals surface area contributed by atoms with Crippen LogP contribution in [0.5, 0.6) is 0 Å². The summed E-state index contributed by atoms with van der Waals surface area (Å²) >= 11 is 1.88. The topological polar surface area (TPSA) is 18.5 Å². The van der Waals surface area contributed by atoms with Crippen molar-refractivity contribution in [2.24, 2.45) is 0 Å². The van der Waals surface area contributed by atoms with Crippen LogP contribution in [-0.4, -0.2) is 18.3 Å². The molecule has 0 N–H and O–H groups in total. The third-order valence-electron chi connectivity index (χ3n) is 8.54. The van der Waals surface area contributed by atoms with Crippen LogP contribution in [0.15, 0.2) is 115 Å². The van der Waals surface area contributed by atoms with Crippen molar-refractivity contribution in [1.82, 2.24) is 0 Å². The van der Waals surface area contributed by atoms with Gasteiger partial charge in [0, 0.05) is 20.2 Å². The lowest BCUT2D eigenvalue weighted by Gasteiger charge is -2.32. The SMILES string of the molecule is CC1(C)OB(c2cccc(-c3cccc(-c4ccc(-c5cccc6c5sc5ccccc56)cc4)c3)c2)OC1(C)C. The van der Waals surface area contributed by atoms with Crippen molar-refractivity contribution in [2.75, 3.05) is 0 Å². The summed E-state index contributed by atoms with van der Waals surface area (Å²) in [6.45, 7) is 8.37. The highest BCUT2D eigenvalue weighted by Gasteiger charge is 2.51. The van der Waals surface area contributed by atoms with Crippen LogP contribution in [0.2, 0.25) is 0 Å². The molecule has 1 aliphatic heterocycles. The number of fused-ring (bicyclic) bond motifs is 3. The molecular weight excluding hydrogens is 507 g/mol. The zero-order valence-electron chi connectivity index (χ0n) is 23.3. The largest absolute Gasteiger partial charge is 0.494 e. The molecule has 0 unspecified atom stereocenters. The Morgan fingerprint density at radius 2 is 1.10 bits per heavy atom. The van der Waals surface area contributed by atoms with Gasteiger partial charge in [-0.3, -0.25) is 0 Å². The van der Waals surface area contributed by atoms with Crippen LogP contribution >= 0.6 is 11.3 Å². The molecular formula is C36H31BO2S. The first-order valence-corrected chi connectivity index (χ1v) is 14.7. The highest BCUT2D eigenvalue weighted by atomic mass is 32.1. The summed E-state index contributed by atoms with van der Waals surface area (Å²) in [4.78, 5) is 0. The van der Waals surface area contributed by atoms with Crippen molar-refractivity contribution >= 4 is 44.1 Å². The maximum Gasteiger partial charge on any atom is 0.494 e. The molecule has 1 fully saturated rings. The van der Waals surface area contributed by atoms with Crippen LogP contribution in [0.25, 0.3) is 53.6 Å². The highest BCUT2D eigenvalue weighted by molar-refractivity contribution is 7.26. The Morgan fingerprint density at radius 3 is 1.85 bits per heavy atom. The number of hydrogen-bond acceptors (Lipinski definition) is 3. The van der Waals surface area contributed by atoms with Gasteiger partial charge in [-0.1, -0.05) is 103 Å². The van der Waals surface area contributed by atoms with Gasteiger partial charge < -0.3 is 9.31 Å². The van der Waals surface area contributed by atoms with Gasteiger partial charge in [0.15, 0.2) is 0 Å². The van der Waals surface area contributed by atoms with Crippen molar-refractivity contribution in [3.63, 3.8) is 0 Å². The molecule has 0 bridgehead atoms. The summed E-state index contributed by atoms with van der Waals surface area (Å²) in [5, 5.41) is 2.66. The minimum atomic E-state index is -0.369. The average molecular weight is 539 g/mol. The average Bonchev–Trinajstić information content (AvgIpc) is 3.46. The fourth-order valence-corrected chi connectivity index (χ4v) is 6.78. The molecule has 0 radical (unpaired) electrons. The molecule has 0 aliphatic carbocycles. The molecule has 4 heteroatoms. The van der Waals surface area contributed by atoms with E-state index in [9.17, 15) is 0 Å². The van der Waals surface area contributed by atoms with Crippen molar-refractivity contribution < 1.29 is 9.31 Å². The molecule has 1 aliphatic rings. The van der Waals surface area contributed by atoms with Crippen molar-refractivity contribution in [3.8, 4) is 33.4 Å². The lowest BCUT2D eigenvalue weighted by Crippen LogP contribution is -2.41. The van der Waals surface area contributed by atoms with Gasteiger partial charge in [0.05, 0.1) is 11.2 Å². The Kier molecular flexibility index (Phi) is 5.97. The lowest BCUT2D eigenvalue weighted by molar-refractivity contribution is 0.00578. The third kappa shape index (κ3) is 4.28. The summed E-state index contributed by atoms with van der Waals surface area (Å²) in [5.74, 6) is 0. The molecule has 7 rings (SSSR count). The first kappa shape index (κ1) is 25.3. The predicted molar refractivity (Wildman–Crippen MR) is 171 cm³/mol.